The number of hydrogen-bond donors (Lipinski definition) is 2. The molecule has 53 heavy (non-hydrogen) atoms. The Morgan fingerprint density at radius 2 is 1.17 bits per heavy atom. The van der Waals surface area contributed by atoms with E-state index in [9.17, 15) is 10.2 Å². The number of ether oxygens (including phenoxy) is 2. The van der Waals surface area contributed by atoms with Crippen LogP contribution in [0.15, 0.2) is 72.8 Å². The lowest BCUT2D eigenvalue weighted by atomic mass is 9.91. The van der Waals surface area contributed by atoms with Crippen LogP contribution in [0, 0.1) is 27.7 Å². The topological polar surface area (TPSA) is 97.6 Å². The Hall–Kier alpha value is -4.59. The van der Waals surface area contributed by atoms with Crippen molar-refractivity contribution < 1.29 is 19.7 Å². The van der Waals surface area contributed by atoms with Crippen LogP contribution in [0.1, 0.15) is 99.5 Å². The molecule has 0 radical (unpaired) electrons. The quantitative estimate of drug-likeness (QED) is 0.0872. The number of benzene rings is 4. The first-order valence-electron chi connectivity index (χ1n) is 19.3. The molecule has 0 amide bonds. The summed E-state index contributed by atoms with van der Waals surface area (Å²) in [4.78, 5) is 15.0. The highest BCUT2D eigenvalue weighted by atomic mass is 16.5. The molecule has 0 aliphatic heterocycles. The van der Waals surface area contributed by atoms with E-state index >= 15 is 0 Å². The first-order chi connectivity index (χ1) is 25.5. The molecule has 0 aliphatic rings. The number of hydrogen-bond acceptors (Lipinski definition) is 7. The van der Waals surface area contributed by atoms with Crippen LogP contribution in [0.3, 0.4) is 0 Å². The molecular formula is C46H57N3O4. The molecule has 280 valence electrons. The van der Waals surface area contributed by atoms with Gasteiger partial charge in [-0.25, -0.2) is 15.0 Å². The minimum Gasteiger partial charge on any atom is -0.507 e. The lowest BCUT2D eigenvalue weighted by Gasteiger charge is -2.20. The predicted octanol–water partition coefficient (Wildman–Crippen LogP) is 11.1. The minimum absolute atomic E-state index is 0.0199. The van der Waals surface area contributed by atoms with Gasteiger partial charge in [0.1, 0.15) is 24.2 Å². The van der Waals surface area contributed by atoms with Gasteiger partial charge in [-0.3, -0.25) is 0 Å². The Kier molecular flexibility index (Phi) is 14.2. The maximum atomic E-state index is 11.7. The van der Waals surface area contributed by atoms with Crippen LogP contribution in [0.4, 0.5) is 0 Å². The Morgan fingerprint density at radius 3 is 1.75 bits per heavy atom. The molecule has 0 bridgehead atoms. The van der Waals surface area contributed by atoms with Crippen molar-refractivity contribution in [3.05, 3.63) is 101 Å². The van der Waals surface area contributed by atoms with E-state index in [1.807, 2.05) is 30.3 Å². The van der Waals surface area contributed by atoms with Gasteiger partial charge in [0.15, 0.2) is 17.5 Å². The summed E-state index contributed by atoms with van der Waals surface area (Å²) in [7, 11) is 0. The van der Waals surface area contributed by atoms with E-state index in [1.165, 1.54) is 32.1 Å². The molecule has 1 aromatic heterocycles. The van der Waals surface area contributed by atoms with Gasteiger partial charge in [0.25, 0.3) is 0 Å². The maximum absolute atomic E-state index is 11.7. The number of nitrogens with zero attached hydrogens (tertiary/aromatic N) is 3. The van der Waals surface area contributed by atoms with Gasteiger partial charge in [-0.2, -0.15) is 0 Å². The largest absolute Gasteiger partial charge is 0.507 e. The predicted molar refractivity (Wildman–Crippen MR) is 217 cm³/mol. The van der Waals surface area contributed by atoms with Crippen molar-refractivity contribution >= 4 is 0 Å². The highest BCUT2D eigenvalue weighted by Crippen LogP contribution is 2.43. The minimum atomic E-state index is -0.821. The molecule has 0 saturated carbocycles. The van der Waals surface area contributed by atoms with Crippen LogP contribution in [-0.4, -0.2) is 51.1 Å². The Labute approximate surface area is 316 Å². The van der Waals surface area contributed by atoms with Crippen LogP contribution < -0.4 is 4.74 Å². The molecule has 0 spiro atoms. The smallest absolute Gasteiger partial charge is 0.167 e. The molecule has 0 aliphatic carbocycles. The SMILES string of the molecule is CCCCCCCCCOCC(O)COc1cc(O)c(-c2nc(-c3ccc(C)cc3C)nc(-c3ccc(C)cc3C)n2)cc1-c1ccccc1C(C)C. The Morgan fingerprint density at radius 1 is 0.604 bits per heavy atom. The molecule has 0 fully saturated rings. The number of aliphatic hydroxyl groups excluding tert-OH is 1. The van der Waals surface area contributed by atoms with Crippen LogP contribution >= 0.6 is 0 Å². The van der Waals surface area contributed by atoms with Crippen molar-refractivity contribution in [1.82, 2.24) is 15.0 Å². The van der Waals surface area contributed by atoms with Crippen molar-refractivity contribution in [2.75, 3.05) is 19.8 Å². The molecule has 1 unspecified atom stereocenters. The van der Waals surface area contributed by atoms with E-state index in [0.29, 0.717) is 35.4 Å². The van der Waals surface area contributed by atoms with Gasteiger partial charge in [-0.15, -0.1) is 0 Å². The number of phenols is 1. The first kappa shape index (κ1) is 39.6. The van der Waals surface area contributed by atoms with Gasteiger partial charge < -0.3 is 19.7 Å². The number of rotatable bonds is 18. The van der Waals surface area contributed by atoms with Gasteiger partial charge in [-0.1, -0.05) is 131 Å². The third kappa shape index (κ3) is 10.5. The van der Waals surface area contributed by atoms with Gasteiger partial charge in [0.05, 0.1) is 12.2 Å². The summed E-state index contributed by atoms with van der Waals surface area (Å²) < 4.78 is 12.1. The average molecular weight is 716 g/mol. The molecule has 7 heteroatoms. The van der Waals surface area contributed by atoms with Crippen molar-refractivity contribution in [2.45, 2.75) is 105 Å². The van der Waals surface area contributed by atoms with Gasteiger partial charge in [-0.05, 0) is 68.4 Å². The zero-order valence-corrected chi connectivity index (χ0v) is 32.7. The van der Waals surface area contributed by atoms with Gasteiger partial charge in [0, 0.05) is 29.4 Å². The number of aromatic hydroxyl groups is 1. The number of aryl methyl sites for hydroxylation is 4. The molecule has 7 nitrogen and oxygen atoms in total. The van der Waals surface area contributed by atoms with Crippen LogP contribution in [0.2, 0.25) is 0 Å². The summed E-state index contributed by atoms with van der Waals surface area (Å²) in [5.41, 5.74) is 9.57. The van der Waals surface area contributed by atoms with Crippen LogP contribution in [0.25, 0.3) is 45.3 Å². The summed E-state index contributed by atoms with van der Waals surface area (Å²) in [6, 6.07) is 24.2. The van der Waals surface area contributed by atoms with Crippen LogP contribution in [0.5, 0.6) is 11.5 Å². The highest BCUT2D eigenvalue weighted by Gasteiger charge is 2.22. The summed E-state index contributed by atoms with van der Waals surface area (Å²) in [5.74, 6) is 2.09. The van der Waals surface area contributed by atoms with Crippen molar-refractivity contribution in [3.8, 4) is 56.8 Å². The first-order valence-corrected chi connectivity index (χ1v) is 19.3. The highest BCUT2D eigenvalue weighted by molar-refractivity contribution is 5.82. The van der Waals surface area contributed by atoms with E-state index in [-0.39, 0.29) is 24.9 Å². The molecule has 0 saturated heterocycles. The van der Waals surface area contributed by atoms with E-state index in [4.69, 9.17) is 24.4 Å². The zero-order valence-electron chi connectivity index (χ0n) is 32.7. The molecule has 5 rings (SSSR count). The molecule has 2 N–H and O–H groups in total. The number of aromatic nitrogens is 3. The number of unbranched alkanes of at least 4 members (excludes halogenated alkanes) is 6. The van der Waals surface area contributed by atoms with E-state index < -0.39 is 6.10 Å². The fourth-order valence-electron chi connectivity index (χ4n) is 6.80. The normalized spacial score (nSPS) is 12.0. The summed E-state index contributed by atoms with van der Waals surface area (Å²) >= 11 is 0. The van der Waals surface area contributed by atoms with Crippen molar-refractivity contribution in [2.24, 2.45) is 0 Å². The molecule has 4 aromatic carbocycles. The third-order valence-corrected chi connectivity index (χ3v) is 9.73. The van der Waals surface area contributed by atoms with Crippen molar-refractivity contribution in [1.29, 1.82) is 0 Å². The van der Waals surface area contributed by atoms with Gasteiger partial charge in [0.2, 0.25) is 0 Å². The summed E-state index contributed by atoms with van der Waals surface area (Å²) in [5, 5.41) is 22.5. The maximum Gasteiger partial charge on any atom is 0.167 e. The second-order valence-corrected chi connectivity index (χ2v) is 14.7. The van der Waals surface area contributed by atoms with E-state index in [1.54, 1.807) is 6.07 Å². The lowest BCUT2D eigenvalue weighted by molar-refractivity contribution is 0.0110. The average Bonchev–Trinajstić information content (AvgIpc) is 3.13. The van der Waals surface area contributed by atoms with Crippen molar-refractivity contribution in [3.63, 3.8) is 0 Å². The second kappa shape index (κ2) is 18.9. The Bertz CT molecular complexity index is 1900. The zero-order chi connectivity index (χ0) is 37.9. The third-order valence-electron chi connectivity index (χ3n) is 9.73. The molecule has 5 aromatic rings. The monoisotopic (exact) mass is 715 g/mol. The fourth-order valence-corrected chi connectivity index (χ4v) is 6.80. The van der Waals surface area contributed by atoms with Crippen LogP contribution in [-0.2, 0) is 4.74 Å². The standard InChI is InChI=1S/C46H57N3O4/c1-8-9-10-11-12-13-16-23-52-28-35(50)29-53-43-27-42(51)41(26-40(43)39-18-15-14-17-36(39)30(2)3)46-48-44(37-21-19-31(4)24-33(37)6)47-45(49-46)38-22-20-32(5)25-34(38)7/h14-15,17-22,24-27,30,35,50-51H,8-13,16,23,28-29H2,1-7H3. The van der Waals surface area contributed by atoms with Gasteiger partial charge >= 0.3 is 0 Å². The van der Waals surface area contributed by atoms with E-state index in [2.05, 4.69) is 84.9 Å². The summed E-state index contributed by atoms with van der Waals surface area (Å²) in [6.45, 7) is 15.6. The number of phenolic OH excluding ortho intramolecular Hbond substituents is 1. The van der Waals surface area contributed by atoms with E-state index in [0.717, 1.165) is 62.9 Å². The lowest BCUT2D eigenvalue weighted by Crippen LogP contribution is -2.24. The Balaban J connectivity index is 1.50. The second-order valence-electron chi connectivity index (χ2n) is 14.7. The summed E-state index contributed by atoms with van der Waals surface area (Å²) in [6.07, 6.45) is 7.64. The molecule has 1 heterocycles. The molecule has 1 atom stereocenters. The molecular weight excluding hydrogens is 659 g/mol. The number of aliphatic hydroxyl groups is 1. The fraction of sp³-hybridized carbons (Fsp3) is 0.413.